The van der Waals surface area contributed by atoms with Crippen molar-refractivity contribution in [2.24, 2.45) is 5.73 Å². The standard InChI is InChI=1S/C9H7N3O2/c10-9(14)5-1-2-6-7(3-5)12-8(4-13)11-6/h1-4H,(H2,10,14)(H,11,12). The van der Waals surface area contributed by atoms with E-state index in [1.165, 1.54) is 0 Å². The molecule has 1 amide bonds. The van der Waals surface area contributed by atoms with Crippen molar-refractivity contribution in [1.82, 2.24) is 9.97 Å². The number of H-pyrrole nitrogens is 1. The van der Waals surface area contributed by atoms with Crippen LogP contribution in [0.2, 0.25) is 0 Å². The number of hydrogen-bond donors (Lipinski definition) is 2. The minimum absolute atomic E-state index is 0.238. The number of aldehydes is 1. The molecule has 0 aliphatic rings. The van der Waals surface area contributed by atoms with Gasteiger partial charge in [-0.05, 0) is 18.2 Å². The van der Waals surface area contributed by atoms with Gasteiger partial charge < -0.3 is 10.7 Å². The van der Waals surface area contributed by atoms with E-state index in [4.69, 9.17) is 5.73 Å². The van der Waals surface area contributed by atoms with Gasteiger partial charge >= 0.3 is 0 Å². The molecule has 0 saturated heterocycles. The number of fused-ring (bicyclic) bond motifs is 1. The second-order valence-corrected chi connectivity index (χ2v) is 2.84. The van der Waals surface area contributed by atoms with Gasteiger partial charge in [-0.1, -0.05) is 0 Å². The van der Waals surface area contributed by atoms with Gasteiger partial charge in [0.25, 0.3) is 0 Å². The third-order valence-corrected chi connectivity index (χ3v) is 1.90. The summed E-state index contributed by atoms with van der Waals surface area (Å²) in [7, 11) is 0. The van der Waals surface area contributed by atoms with Gasteiger partial charge in [0, 0.05) is 5.56 Å². The van der Waals surface area contributed by atoms with Crippen LogP contribution in [-0.4, -0.2) is 22.2 Å². The van der Waals surface area contributed by atoms with E-state index < -0.39 is 5.91 Å². The second-order valence-electron chi connectivity index (χ2n) is 2.84. The molecule has 0 aliphatic carbocycles. The Balaban J connectivity index is 2.65. The lowest BCUT2D eigenvalue weighted by molar-refractivity contribution is 0.1000. The summed E-state index contributed by atoms with van der Waals surface area (Å²) in [4.78, 5) is 28.0. The van der Waals surface area contributed by atoms with E-state index in [1.807, 2.05) is 0 Å². The van der Waals surface area contributed by atoms with Crippen LogP contribution in [0.4, 0.5) is 0 Å². The van der Waals surface area contributed by atoms with E-state index in [0.29, 0.717) is 22.9 Å². The molecule has 0 aliphatic heterocycles. The SMILES string of the molecule is NC(=O)c1ccc2nc(C=O)[nH]c2c1. The number of amides is 1. The maximum atomic E-state index is 10.8. The van der Waals surface area contributed by atoms with Crippen LogP contribution in [0.3, 0.4) is 0 Å². The molecule has 1 heterocycles. The van der Waals surface area contributed by atoms with Gasteiger partial charge in [0.15, 0.2) is 12.1 Å². The largest absolute Gasteiger partial charge is 0.366 e. The summed E-state index contributed by atoms with van der Waals surface area (Å²) in [6.45, 7) is 0. The van der Waals surface area contributed by atoms with Crippen LogP contribution in [0.1, 0.15) is 21.0 Å². The number of nitrogens with two attached hydrogens (primary N) is 1. The van der Waals surface area contributed by atoms with E-state index >= 15 is 0 Å². The highest BCUT2D eigenvalue weighted by atomic mass is 16.1. The zero-order chi connectivity index (χ0) is 10.1. The van der Waals surface area contributed by atoms with Gasteiger partial charge in [0.2, 0.25) is 5.91 Å². The van der Waals surface area contributed by atoms with E-state index in [0.717, 1.165) is 0 Å². The van der Waals surface area contributed by atoms with E-state index in [2.05, 4.69) is 9.97 Å². The Kier molecular flexibility index (Phi) is 1.78. The maximum Gasteiger partial charge on any atom is 0.248 e. The summed E-state index contributed by atoms with van der Waals surface area (Å²) in [6, 6.07) is 4.77. The Bertz CT molecular complexity index is 516. The van der Waals surface area contributed by atoms with E-state index in [-0.39, 0.29) is 5.82 Å². The molecule has 1 aromatic heterocycles. The molecule has 0 bridgehead atoms. The zero-order valence-corrected chi connectivity index (χ0v) is 7.15. The van der Waals surface area contributed by atoms with Crippen molar-refractivity contribution in [3.63, 3.8) is 0 Å². The summed E-state index contributed by atoms with van der Waals surface area (Å²) in [6.07, 6.45) is 0.615. The third-order valence-electron chi connectivity index (χ3n) is 1.90. The van der Waals surface area contributed by atoms with Crippen molar-refractivity contribution in [3.05, 3.63) is 29.6 Å². The predicted octanol–water partition coefficient (Wildman–Crippen LogP) is 0.474. The molecule has 2 aromatic rings. The summed E-state index contributed by atoms with van der Waals surface area (Å²) in [5, 5.41) is 0. The number of imidazole rings is 1. The Morgan fingerprint density at radius 2 is 2.29 bits per heavy atom. The first-order valence-corrected chi connectivity index (χ1v) is 3.95. The van der Waals surface area contributed by atoms with Crippen LogP contribution < -0.4 is 5.73 Å². The number of carbonyl (C=O) groups is 2. The Morgan fingerprint density at radius 1 is 1.50 bits per heavy atom. The monoisotopic (exact) mass is 189 g/mol. The first kappa shape index (κ1) is 8.43. The summed E-state index contributed by atoms with van der Waals surface area (Å²) >= 11 is 0. The molecule has 0 saturated carbocycles. The normalized spacial score (nSPS) is 10.3. The number of aromatic amines is 1. The number of rotatable bonds is 2. The van der Waals surface area contributed by atoms with Gasteiger partial charge in [-0.15, -0.1) is 0 Å². The number of carbonyl (C=O) groups excluding carboxylic acids is 2. The van der Waals surface area contributed by atoms with Crippen LogP contribution >= 0.6 is 0 Å². The highest BCUT2D eigenvalue weighted by Crippen LogP contribution is 2.12. The summed E-state index contributed by atoms with van der Waals surface area (Å²) < 4.78 is 0. The molecule has 2 rings (SSSR count). The van der Waals surface area contributed by atoms with Crippen molar-refractivity contribution < 1.29 is 9.59 Å². The zero-order valence-electron chi connectivity index (χ0n) is 7.15. The van der Waals surface area contributed by atoms with Crippen LogP contribution in [0.25, 0.3) is 11.0 Å². The Labute approximate surface area is 78.9 Å². The van der Waals surface area contributed by atoms with Crippen molar-refractivity contribution in [2.45, 2.75) is 0 Å². The number of hydrogen-bond acceptors (Lipinski definition) is 3. The average Bonchev–Trinajstić information content (AvgIpc) is 2.58. The first-order valence-electron chi connectivity index (χ1n) is 3.95. The topological polar surface area (TPSA) is 88.8 Å². The van der Waals surface area contributed by atoms with Gasteiger partial charge in [0.05, 0.1) is 11.0 Å². The highest BCUT2D eigenvalue weighted by molar-refractivity contribution is 5.96. The molecular weight excluding hydrogens is 182 g/mol. The van der Waals surface area contributed by atoms with Gasteiger partial charge in [-0.25, -0.2) is 4.98 Å². The van der Waals surface area contributed by atoms with Crippen LogP contribution in [0.15, 0.2) is 18.2 Å². The van der Waals surface area contributed by atoms with Crippen LogP contribution in [-0.2, 0) is 0 Å². The fourth-order valence-electron chi connectivity index (χ4n) is 1.24. The molecule has 0 unspecified atom stereocenters. The van der Waals surface area contributed by atoms with Crippen molar-refractivity contribution in [1.29, 1.82) is 0 Å². The molecular formula is C9H7N3O2. The van der Waals surface area contributed by atoms with E-state index in [1.54, 1.807) is 18.2 Å². The van der Waals surface area contributed by atoms with Gasteiger partial charge in [0.1, 0.15) is 0 Å². The molecule has 0 atom stereocenters. The lowest BCUT2D eigenvalue weighted by atomic mass is 10.2. The number of aromatic nitrogens is 2. The molecule has 0 fully saturated rings. The van der Waals surface area contributed by atoms with Gasteiger partial charge in [-0.2, -0.15) is 0 Å². The summed E-state index contributed by atoms with van der Waals surface area (Å²) in [5.74, 6) is -0.268. The smallest absolute Gasteiger partial charge is 0.248 e. The number of nitrogens with zero attached hydrogens (tertiary/aromatic N) is 1. The van der Waals surface area contributed by atoms with Crippen LogP contribution in [0, 0.1) is 0 Å². The molecule has 5 nitrogen and oxygen atoms in total. The van der Waals surface area contributed by atoms with Crippen molar-refractivity contribution in [2.75, 3.05) is 0 Å². The highest BCUT2D eigenvalue weighted by Gasteiger charge is 2.05. The molecule has 14 heavy (non-hydrogen) atoms. The maximum absolute atomic E-state index is 10.8. The number of benzene rings is 1. The predicted molar refractivity (Wildman–Crippen MR) is 50.0 cm³/mol. The molecule has 0 radical (unpaired) electrons. The average molecular weight is 189 g/mol. The number of nitrogens with one attached hydrogen (secondary N) is 1. The van der Waals surface area contributed by atoms with Crippen LogP contribution in [0.5, 0.6) is 0 Å². The summed E-state index contributed by atoms with van der Waals surface area (Å²) in [5.41, 5.74) is 6.75. The Morgan fingerprint density at radius 3 is 2.93 bits per heavy atom. The van der Waals surface area contributed by atoms with E-state index in [9.17, 15) is 9.59 Å². The molecule has 3 N–H and O–H groups in total. The van der Waals surface area contributed by atoms with Gasteiger partial charge in [-0.3, -0.25) is 9.59 Å². The van der Waals surface area contributed by atoms with Crippen molar-refractivity contribution >= 4 is 23.2 Å². The number of primary amides is 1. The second kappa shape index (κ2) is 2.95. The molecule has 0 spiro atoms. The third kappa shape index (κ3) is 1.24. The minimum atomic E-state index is -0.505. The lowest BCUT2D eigenvalue weighted by Crippen LogP contribution is -2.10. The minimum Gasteiger partial charge on any atom is -0.366 e. The molecule has 1 aromatic carbocycles. The fourth-order valence-corrected chi connectivity index (χ4v) is 1.24. The fraction of sp³-hybridized carbons (Fsp3) is 0. The van der Waals surface area contributed by atoms with Crippen molar-refractivity contribution in [3.8, 4) is 0 Å². The first-order chi connectivity index (χ1) is 6.70. The quantitative estimate of drug-likeness (QED) is 0.673. The Hall–Kier alpha value is -2.17. The molecule has 5 heteroatoms. The molecule has 70 valence electrons. The lowest BCUT2D eigenvalue weighted by Gasteiger charge is -1.93.